The van der Waals surface area contributed by atoms with Crippen molar-refractivity contribution in [3.8, 4) is 0 Å². The van der Waals surface area contributed by atoms with Crippen LogP contribution in [0.3, 0.4) is 0 Å². The predicted molar refractivity (Wildman–Crippen MR) is 85.8 cm³/mol. The van der Waals surface area contributed by atoms with E-state index in [9.17, 15) is 0 Å². The van der Waals surface area contributed by atoms with Gasteiger partial charge in [-0.05, 0) is 51.3 Å². The molecule has 0 radical (unpaired) electrons. The quantitative estimate of drug-likeness (QED) is 0.749. The van der Waals surface area contributed by atoms with E-state index in [1.165, 1.54) is 35.4 Å². The normalized spacial score (nSPS) is 34.1. The Morgan fingerprint density at radius 1 is 1.14 bits per heavy atom. The molecule has 2 heteroatoms. The van der Waals surface area contributed by atoms with Crippen LogP contribution in [0.15, 0.2) is 41.0 Å². The fourth-order valence-corrected chi connectivity index (χ4v) is 4.60. The number of fused-ring (bicyclic) bond motifs is 2. The predicted octanol–water partition coefficient (Wildman–Crippen LogP) is 4.76. The Hall–Kier alpha value is -1.70. The zero-order valence-corrected chi connectivity index (χ0v) is 13.3. The molecule has 3 atom stereocenters. The lowest BCUT2D eigenvalue weighted by Crippen LogP contribution is -2.65. The average molecular weight is 281 g/mol. The lowest BCUT2D eigenvalue weighted by Gasteiger charge is -2.61. The summed E-state index contributed by atoms with van der Waals surface area (Å²) in [6.07, 6.45) is 4.27. The van der Waals surface area contributed by atoms with Crippen molar-refractivity contribution < 1.29 is 4.42 Å². The summed E-state index contributed by atoms with van der Waals surface area (Å²) in [6, 6.07) is 11.4. The van der Waals surface area contributed by atoms with Crippen molar-refractivity contribution in [1.29, 1.82) is 0 Å². The maximum atomic E-state index is 5.92. The molecule has 1 aliphatic carbocycles. The average Bonchev–Trinajstić information content (AvgIpc) is 2.96. The van der Waals surface area contributed by atoms with Crippen molar-refractivity contribution in [2.45, 2.75) is 57.5 Å². The molecule has 1 aromatic carbocycles. The molecule has 0 spiro atoms. The number of furan rings is 1. The van der Waals surface area contributed by atoms with E-state index in [0.29, 0.717) is 6.04 Å². The summed E-state index contributed by atoms with van der Waals surface area (Å²) in [5.74, 6) is 1.22. The molecule has 0 amide bonds. The van der Waals surface area contributed by atoms with Gasteiger partial charge in [-0.2, -0.15) is 0 Å². The van der Waals surface area contributed by atoms with E-state index in [1.807, 2.05) is 6.26 Å². The fraction of sp³-hybridized carbons (Fsp3) is 0.474. The number of rotatable bonds is 1. The fourth-order valence-electron chi connectivity index (χ4n) is 4.60. The summed E-state index contributed by atoms with van der Waals surface area (Å²) >= 11 is 0. The minimum Gasteiger partial charge on any atom is -0.468 e. The summed E-state index contributed by atoms with van der Waals surface area (Å²) in [6.45, 7) is 9.31. The Morgan fingerprint density at radius 3 is 2.67 bits per heavy atom. The van der Waals surface area contributed by atoms with E-state index in [0.717, 1.165) is 0 Å². The molecular formula is C19H23NO. The van der Waals surface area contributed by atoms with Crippen molar-refractivity contribution >= 4 is 5.69 Å². The van der Waals surface area contributed by atoms with E-state index < -0.39 is 0 Å². The standard InChI is InChI=1S/C19H23NO/c1-13-7-5-6-8-16(13)20-14(2)18(3)10-11-19(20,4)15-9-12-21-17(15)18/h5-9,12,14H,10-11H2,1-4H3/t14-,18?,19?/m0/s1. The first-order chi connectivity index (χ1) is 9.98. The molecule has 0 N–H and O–H groups in total. The summed E-state index contributed by atoms with van der Waals surface area (Å²) in [5.41, 5.74) is 4.26. The molecule has 0 saturated carbocycles. The van der Waals surface area contributed by atoms with Gasteiger partial charge in [0.05, 0.1) is 11.8 Å². The Balaban J connectivity index is 1.97. The third-order valence-electron chi connectivity index (χ3n) is 6.11. The molecule has 3 aliphatic rings. The molecule has 2 bridgehead atoms. The van der Waals surface area contributed by atoms with Crippen LogP contribution in [0.2, 0.25) is 0 Å². The van der Waals surface area contributed by atoms with Crippen LogP contribution in [0.5, 0.6) is 0 Å². The van der Waals surface area contributed by atoms with Crippen LogP contribution in [0.1, 0.15) is 50.5 Å². The van der Waals surface area contributed by atoms with Gasteiger partial charge in [0.2, 0.25) is 0 Å². The monoisotopic (exact) mass is 281 g/mol. The highest BCUT2D eigenvalue weighted by molar-refractivity contribution is 5.62. The Labute approximate surface area is 126 Å². The molecule has 5 rings (SSSR count). The number of benzene rings is 1. The van der Waals surface area contributed by atoms with Gasteiger partial charge in [-0.3, -0.25) is 0 Å². The maximum Gasteiger partial charge on any atom is 0.117 e. The third kappa shape index (κ3) is 1.43. The third-order valence-corrected chi connectivity index (χ3v) is 6.11. The lowest BCUT2D eigenvalue weighted by atomic mass is 9.59. The van der Waals surface area contributed by atoms with Crippen molar-refractivity contribution in [2.24, 2.45) is 0 Å². The second kappa shape index (κ2) is 3.94. The smallest absolute Gasteiger partial charge is 0.117 e. The van der Waals surface area contributed by atoms with Crippen molar-refractivity contribution in [1.82, 2.24) is 0 Å². The number of anilines is 1. The van der Waals surface area contributed by atoms with Gasteiger partial charge in [0.25, 0.3) is 0 Å². The molecule has 2 aliphatic heterocycles. The van der Waals surface area contributed by atoms with Crippen LogP contribution in [0, 0.1) is 6.92 Å². The zero-order valence-electron chi connectivity index (χ0n) is 13.3. The van der Waals surface area contributed by atoms with Gasteiger partial charge in [-0.1, -0.05) is 25.1 Å². The van der Waals surface area contributed by atoms with E-state index in [1.54, 1.807) is 0 Å². The van der Waals surface area contributed by atoms with E-state index in [4.69, 9.17) is 4.42 Å². The molecular weight excluding hydrogens is 258 g/mol. The van der Waals surface area contributed by atoms with E-state index in [-0.39, 0.29) is 11.0 Å². The van der Waals surface area contributed by atoms with Crippen molar-refractivity contribution in [2.75, 3.05) is 4.90 Å². The molecule has 2 aromatic rings. The Kier molecular flexibility index (Phi) is 2.44. The number of hydrogen-bond acceptors (Lipinski definition) is 2. The van der Waals surface area contributed by atoms with Crippen molar-refractivity contribution in [3.05, 3.63) is 53.5 Å². The maximum absolute atomic E-state index is 5.92. The van der Waals surface area contributed by atoms with Gasteiger partial charge in [-0.25, -0.2) is 0 Å². The van der Waals surface area contributed by atoms with Crippen LogP contribution < -0.4 is 4.90 Å². The van der Waals surface area contributed by atoms with Gasteiger partial charge >= 0.3 is 0 Å². The van der Waals surface area contributed by atoms with Crippen LogP contribution in [0.4, 0.5) is 5.69 Å². The van der Waals surface area contributed by atoms with Gasteiger partial charge in [0.1, 0.15) is 5.76 Å². The largest absolute Gasteiger partial charge is 0.468 e. The lowest BCUT2D eigenvalue weighted by molar-refractivity contribution is 0.138. The summed E-state index contributed by atoms with van der Waals surface area (Å²) in [4.78, 5) is 2.64. The van der Waals surface area contributed by atoms with Gasteiger partial charge in [-0.15, -0.1) is 0 Å². The highest BCUT2D eigenvalue weighted by atomic mass is 16.3. The Morgan fingerprint density at radius 2 is 1.90 bits per heavy atom. The number of nitrogens with zero attached hydrogens (tertiary/aromatic N) is 1. The summed E-state index contributed by atoms with van der Waals surface area (Å²) in [5, 5.41) is 0. The van der Waals surface area contributed by atoms with Gasteiger partial charge in [0.15, 0.2) is 0 Å². The highest BCUT2D eigenvalue weighted by Crippen LogP contribution is 2.58. The number of para-hydroxylation sites is 1. The SMILES string of the molecule is Cc1ccccc1N1[C@@H](C)C2(C)CCC1(C)c1ccoc12. The van der Waals surface area contributed by atoms with Crippen LogP contribution >= 0.6 is 0 Å². The first kappa shape index (κ1) is 13.0. The van der Waals surface area contributed by atoms with Gasteiger partial charge in [0, 0.05) is 22.7 Å². The van der Waals surface area contributed by atoms with Gasteiger partial charge < -0.3 is 9.32 Å². The molecule has 1 fully saturated rings. The number of piperidine rings is 1. The van der Waals surface area contributed by atoms with Crippen molar-refractivity contribution in [3.63, 3.8) is 0 Å². The van der Waals surface area contributed by atoms with Crippen LogP contribution in [-0.2, 0) is 11.0 Å². The van der Waals surface area contributed by atoms with E-state index >= 15 is 0 Å². The second-order valence-corrected chi connectivity index (χ2v) is 7.19. The first-order valence-corrected chi connectivity index (χ1v) is 7.92. The Bertz CT molecular complexity index is 703. The molecule has 3 heterocycles. The molecule has 2 unspecified atom stereocenters. The zero-order chi connectivity index (χ0) is 14.8. The minimum absolute atomic E-state index is 0.0472. The molecule has 2 nitrogen and oxygen atoms in total. The summed E-state index contributed by atoms with van der Waals surface area (Å²) < 4.78 is 5.92. The summed E-state index contributed by atoms with van der Waals surface area (Å²) in [7, 11) is 0. The molecule has 21 heavy (non-hydrogen) atoms. The first-order valence-electron chi connectivity index (χ1n) is 7.92. The van der Waals surface area contributed by atoms with E-state index in [2.05, 4.69) is 62.9 Å². The number of hydrogen-bond donors (Lipinski definition) is 0. The molecule has 110 valence electrons. The minimum atomic E-state index is 0.0472. The highest BCUT2D eigenvalue weighted by Gasteiger charge is 2.58. The molecule has 1 aromatic heterocycles. The van der Waals surface area contributed by atoms with Crippen LogP contribution in [-0.4, -0.2) is 6.04 Å². The number of aryl methyl sites for hydroxylation is 1. The topological polar surface area (TPSA) is 16.4 Å². The molecule has 1 saturated heterocycles. The second-order valence-electron chi connectivity index (χ2n) is 7.19. The van der Waals surface area contributed by atoms with Crippen LogP contribution in [0.25, 0.3) is 0 Å².